The number of nitrogens with zero attached hydrogens (tertiary/aromatic N) is 7. The average molecular weight is 521 g/mol. The number of nitrogens with one attached hydrogen (secondary N) is 1. The molecule has 1 aromatic carbocycles. The molecule has 3 aromatic heterocycles. The summed E-state index contributed by atoms with van der Waals surface area (Å²) in [4.78, 5) is 34.0. The second kappa shape index (κ2) is 10.1. The first-order valence-electron chi connectivity index (χ1n) is 12.5. The first kappa shape index (κ1) is 25.7. The number of amides is 1. The molecule has 9 nitrogen and oxygen atoms in total. The summed E-state index contributed by atoms with van der Waals surface area (Å²) in [5.41, 5.74) is 1.29. The highest BCUT2D eigenvalue weighted by Gasteiger charge is 2.28. The van der Waals surface area contributed by atoms with Crippen LogP contribution in [0.3, 0.4) is 0 Å². The van der Waals surface area contributed by atoms with E-state index in [-0.39, 0.29) is 34.7 Å². The number of rotatable bonds is 6. The monoisotopic (exact) mass is 520 g/mol. The van der Waals surface area contributed by atoms with E-state index in [2.05, 4.69) is 30.2 Å². The molecule has 1 fully saturated rings. The Morgan fingerprint density at radius 2 is 1.92 bits per heavy atom. The number of anilines is 2. The van der Waals surface area contributed by atoms with Crippen LogP contribution >= 0.6 is 0 Å². The maximum absolute atomic E-state index is 15.0. The predicted octanol–water partition coefficient (Wildman–Crippen LogP) is 4.58. The maximum Gasteiger partial charge on any atom is 0.272 e. The topological polar surface area (TPSA) is 92.1 Å². The maximum atomic E-state index is 15.0. The van der Waals surface area contributed by atoms with Crippen molar-refractivity contribution in [2.45, 2.75) is 39.3 Å². The van der Waals surface area contributed by atoms with E-state index in [4.69, 9.17) is 0 Å². The molecular weight excluding hydrogens is 490 g/mol. The molecule has 0 radical (unpaired) electrons. The Morgan fingerprint density at radius 3 is 2.63 bits per heavy atom. The summed E-state index contributed by atoms with van der Waals surface area (Å²) >= 11 is 0. The number of carbonyl (C=O) groups excluding carboxylic acids is 1. The van der Waals surface area contributed by atoms with Crippen molar-refractivity contribution in [3.05, 3.63) is 59.7 Å². The largest absolute Gasteiger partial charge is 0.336 e. The fourth-order valence-corrected chi connectivity index (χ4v) is 4.93. The van der Waals surface area contributed by atoms with Crippen LogP contribution in [-0.2, 0) is 0 Å². The molecule has 4 heterocycles. The molecule has 1 N–H and O–H groups in total. The van der Waals surface area contributed by atoms with E-state index in [0.717, 1.165) is 12.6 Å². The standard InChI is InChI=1S/C27H30F2N8O/c1-15(2)37-16(3)31-25-19(28)11-17(12-22(25)37)24-20(29)13-30-27(34-24)33-23-8-6-7-21(32-23)26(38)36-10-9-18(14-36)35(4)5/h6-8,11-13,15,18H,9-10,14H2,1-5H3,(H,30,32,33,34). The minimum atomic E-state index is -0.692. The molecule has 0 spiro atoms. The summed E-state index contributed by atoms with van der Waals surface area (Å²) in [7, 11) is 4.01. The minimum absolute atomic E-state index is 0.0394. The van der Waals surface area contributed by atoms with Gasteiger partial charge >= 0.3 is 0 Å². The van der Waals surface area contributed by atoms with E-state index in [9.17, 15) is 13.6 Å². The Hall–Kier alpha value is -3.99. The van der Waals surface area contributed by atoms with Crippen molar-refractivity contribution in [3.8, 4) is 11.3 Å². The molecule has 1 unspecified atom stereocenters. The average Bonchev–Trinajstić information content (AvgIpc) is 3.50. The van der Waals surface area contributed by atoms with Crippen LogP contribution in [0.5, 0.6) is 0 Å². The van der Waals surface area contributed by atoms with Gasteiger partial charge in [0.2, 0.25) is 5.95 Å². The van der Waals surface area contributed by atoms with Gasteiger partial charge in [-0.1, -0.05) is 6.07 Å². The normalized spacial score (nSPS) is 15.7. The van der Waals surface area contributed by atoms with Crippen molar-refractivity contribution < 1.29 is 13.6 Å². The predicted molar refractivity (Wildman–Crippen MR) is 141 cm³/mol. The van der Waals surface area contributed by atoms with Gasteiger partial charge in [0.1, 0.15) is 28.5 Å². The molecule has 0 aliphatic carbocycles. The summed E-state index contributed by atoms with van der Waals surface area (Å²) in [6.45, 7) is 7.07. The van der Waals surface area contributed by atoms with E-state index in [1.165, 1.54) is 6.07 Å². The highest BCUT2D eigenvalue weighted by molar-refractivity contribution is 5.93. The van der Waals surface area contributed by atoms with Gasteiger partial charge in [-0.25, -0.2) is 28.7 Å². The van der Waals surface area contributed by atoms with Crippen LogP contribution < -0.4 is 5.32 Å². The highest BCUT2D eigenvalue weighted by atomic mass is 19.1. The summed E-state index contributed by atoms with van der Waals surface area (Å²) < 4.78 is 31.7. The van der Waals surface area contributed by atoms with Crippen LogP contribution in [0.25, 0.3) is 22.3 Å². The van der Waals surface area contributed by atoms with Crippen LogP contribution in [0.4, 0.5) is 20.5 Å². The van der Waals surface area contributed by atoms with Gasteiger partial charge in [-0.05, 0) is 65.6 Å². The number of fused-ring (bicyclic) bond motifs is 1. The lowest BCUT2D eigenvalue weighted by Crippen LogP contribution is -2.34. The fourth-order valence-electron chi connectivity index (χ4n) is 4.93. The van der Waals surface area contributed by atoms with Crippen molar-refractivity contribution in [1.82, 2.24) is 34.3 Å². The molecule has 198 valence electrons. The number of carbonyl (C=O) groups is 1. The third-order valence-electron chi connectivity index (χ3n) is 6.85. The molecule has 0 bridgehead atoms. The molecule has 1 atom stereocenters. The first-order valence-corrected chi connectivity index (χ1v) is 12.5. The number of aromatic nitrogens is 5. The zero-order valence-electron chi connectivity index (χ0n) is 22.0. The molecule has 1 aliphatic heterocycles. The number of hydrogen-bond donors (Lipinski definition) is 1. The molecular formula is C27H30F2N8O. The van der Waals surface area contributed by atoms with Crippen molar-refractivity contribution in [2.75, 3.05) is 32.5 Å². The number of halogens is 2. The number of benzene rings is 1. The lowest BCUT2D eigenvalue weighted by atomic mass is 10.1. The van der Waals surface area contributed by atoms with E-state index in [0.29, 0.717) is 42.0 Å². The molecule has 1 amide bonds. The van der Waals surface area contributed by atoms with Crippen molar-refractivity contribution >= 4 is 28.7 Å². The highest BCUT2D eigenvalue weighted by Crippen LogP contribution is 2.30. The van der Waals surface area contributed by atoms with E-state index < -0.39 is 11.6 Å². The Kier molecular flexibility index (Phi) is 6.78. The number of aryl methyl sites for hydroxylation is 1. The van der Waals surface area contributed by atoms with Crippen LogP contribution in [0.2, 0.25) is 0 Å². The van der Waals surface area contributed by atoms with Gasteiger partial charge in [0.05, 0.1) is 11.7 Å². The number of likely N-dealkylation sites (N-methyl/N-ethyl adjacent to an activating group) is 1. The van der Waals surface area contributed by atoms with Gasteiger partial charge in [-0.15, -0.1) is 0 Å². The van der Waals surface area contributed by atoms with Gasteiger partial charge in [0, 0.05) is 30.7 Å². The zero-order valence-corrected chi connectivity index (χ0v) is 22.0. The summed E-state index contributed by atoms with van der Waals surface area (Å²) in [6.07, 6.45) is 1.94. The molecule has 0 saturated carbocycles. The molecule has 1 saturated heterocycles. The van der Waals surface area contributed by atoms with Gasteiger partial charge in [0.25, 0.3) is 5.91 Å². The van der Waals surface area contributed by atoms with Crippen LogP contribution in [0, 0.1) is 18.6 Å². The lowest BCUT2D eigenvalue weighted by molar-refractivity contribution is 0.0777. The molecule has 1 aliphatic rings. The van der Waals surface area contributed by atoms with Crippen LogP contribution in [0.1, 0.15) is 42.6 Å². The van der Waals surface area contributed by atoms with Gasteiger partial charge in [-0.2, -0.15) is 0 Å². The number of likely N-dealkylation sites (tertiary alicyclic amines) is 1. The second-order valence-electron chi connectivity index (χ2n) is 10.0. The number of hydrogen-bond acceptors (Lipinski definition) is 7. The third-order valence-corrected chi connectivity index (χ3v) is 6.85. The molecule has 4 aromatic rings. The third kappa shape index (κ3) is 4.81. The van der Waals surface area contributed by atoms with Gasteiger partial charge in [-0.3, -0.25) is 4.79 Å². The zero-order chi connectivity index (χ0) is 27.1. The van der Waals surface area contributed by atoms with Crippen molar-refractivity contribution in [2.24, 2.45) is 0 Å². The summed E-state index contributed by atoms with van der Waals surface area (Å²) in [5.74, 6) is -0.321. The Bertz CT molecular complexity index is 1520. The van der Waals surface area contributed by atoms with E-state index in [1.807, 2.05) is 39.4 Å². The number of imidazole rings is 1. The molecule has 11 heteroatoms. The SMILES string of the molecule is Cc1nc2c(F)cc(-c3nc(Nc4cccc(C(=O)N5CCC(N(C)C)C5)n4)ncc3F)cc2n1C(C)C. The lowest BCUT2D eigenvalue weighted by Gasteiger charge is -2.20. The second-order valence-corrected chi connectivity index (χ2v) is 10.0. The summed E-state index contributed by atoms with van der Waals surface area (Å²) in [6, 6.07) is 8.31. The molecule has 38 heavy (non-hydrogen) atoms. The van der Waals surface area contributed by atoms with Crippen molar-refractivity contribution in [3.63, 3.8) is 0 Å². The fraction of sp³-hybridized carbons (Fsp3) is 0.370. The van der Waals surface area contributed by atoms with Crippen LogP contribution in [-0.4, -0.2) is 73.4 Å². The Labute approximate surface area is 219 Å². The quantitative estimate of drug-likeness (QED) is 0.398. The van der Waals surface area contributed by atoms with Gasteiger partial charge < -0.3 is 19.7 Å². The number of pyridine rings is 1. The Balaban J connectivity index is 1.43. The van der Waals surface area contributed by atoms with Crippen molar-refractivity contribution in [1.29, 1.82) is 0 Å². The minimum Gasteiger partial charge on any atom is -0.336 e. The van der Waals surface area contributed by atoms with E-state index in [1.54, 1.807) is 29.2 Å². The summed E-state index contributed by atoms with van der Waals surface area (Å²) in [5, 5.41) is 2.95. The Morgan fingerprint density at radius 1 is 1.13 bits per heavy atom. The molecule has 5 rings (SSSR count). The smallest absolute Gasteiger partial charge is 0.272 e. The van der Waals surface area contributed by atoms with E-state index >= 15 is 0 Å². The van der Waals surface area contributed by atoms with Gasteiger partial charge in [0.15, 0.2) is 11.6 Å². The van der Waals surface area contributed by atoms with Crippen LogP contribution in [0.15, 0.2) is 36.5 Å². The first-order chi connectivity index (χ1) is 18.1.